The van der Waals surface area contributed by atoms with Crippen molar-refractivity contribution in [3.63, 3.8) is 0 Å². The molecule has 1 aliphatic rings. The summed E-state index contributed by atoms with van der Waals surface area (Å²) in [4.78, 5) is 16.6. The fourth-order valence-electron chi connectivity index (χ4n) is 2.82. The lowest BCUT2D eigenvalue weighted by Crippen LogP contribution is -2.40. The van der Waals surface area contributed by atoms with Gasteiger partial charge in [0.25, 0.3) is 0 Å². The van der Waals surface area contributed by atoms with E-state index in [1.54, 1.807) is 18.2 Å². The van der Waals surface area contributed by atoms with Crippen molar-refractivity contribution in [2.24, 2.45) is 0 Å². The van der Waals surface area contributed by atoms with E-state index in [9.17, 15) is 13.2 Å². The molecule has 1 aromatic carbocycles. The molecule has 1 fully saturated rings. The molecule has 2 heterocycles. The number of nitrogens with one attached hydrogen (secondary N) is 1. The summed E-state index contributed by atoms with van der Waals surface area (Å²) in [7, 11) is -0.641. The third-order valence-corrected chi connectivity index (χ3v) is 7.54. The predicted octanol–water partition coefficient (Wildman–Crippen LogP) is 2.50. The Morgan fingerprint density at radius 2 is 1.94 bits per heavy atom. The van der Waals surface area contributed by atoms with Crippen molar-refractivity contribution in [2.45, 2.75) is 9.92 Å². The highest BCUT2D eigenvalue weighted by Gasteiger charge is 2.26. The number of carbonyl (C=O) groups excluding carboxylic acids is 1. The average molecular weight is 488 g/mol. The molecule has 0 unspecified atom stereocenters. The number of morpholine rings is 1. The molecule has 168 valence electrons. The third kappa shape index (κ3) is 5.80. The zero-order chi connectivity index (χ0) is 22.4. The Labute approximate surface area is 190 Å². The van der Waals surface area contributed by atoms with Crippen molar-refractivity contribution in [3.05, 3.63) is 35.5 Å². The van der Waals surface area contributed by atoms with Gasteiger partial charge in [-0.1, -0.05) is 23.4 Å². The van der Waals surface area contributed by atoms with Gasteiger partial charge in [0.05, 0.1) is 48.9 Å². The Morgan fingerprint density at radius 3 is 2.55 bits per heavy atom. The fourth-order valence-corrected chi connectivity index (χ4v) is 5.06. The zero-order valence-electron chi connectivity index (χ0n) is 17.0. The molecule has 1 saturated heterocycles. The normalized spacial score (nSPS) is 14.8. The molecule has 2 aromatic rings. The smallest absolute Gasteiger partial charge is 0.244 e. The van der Waals surface area contributed by atoms with Crippen LogP contribution >= 0.6 is 23.4 Å². The van der Waals surface area contributed by atoms with Gasteiger partial charge in [-0.2, -0.15) is 4.31 Å². The van der Waals surface area contributed by atoms with Gasteiger partial charge in [-0.3, -0.25) is 4.79 Å². The van der Waals surface area contributed by atoms with Crippen molar-refractivity contribution in [2.75, 3.05) is 51.6 Å². The SMILES string of the molecule is COc1cc(OC)c(NC(=O)CSc2ccc(S(=O)(=O)N3CCOCC3)cn2)cc1Cl. The summed E-state index contributed by atoms with van der Waals surface area (Å²) < 4.78 is 42.2. The van der Waals surface area contributed by atoms with E-state index < -0.39 is 10.0 Å². The summed E-state index contributed by atoms with van der Waals surface area (Å²) in [5.74, 6) is 0.615. The number of halogens is 1. The molecule has 0 spiro atoms. The molecular weight excluding hydrogens is 466 g/mol. The summed E-state index contributed by atoms with van der Waals surface area (Å²) in [6.45, 7) is 1.38. The van der Waals surface area contributed by atoms with E-state index in [1.807, 2.05) is 0 Å². The predicted molar refractivity (Wildman–Crippen MR) is 118 cm³/mol. The summed E-state index contributed by atoms with van der Waals surface area (Å²) in [5.41, 5.74) is 0.416. The highest BCUT2D eigenvalue weighted by molar-refractivity contribution is 7.99. The maximum Gasteiger partial charge on any atom is 0.244 e. The van der Waals surface area contributed by atoms with E-state index in [1.165, 1.54) is 42.5 Å². The molecule has 1 aliphatic heterocycles. The maximum absolute atomic E-state index is 12.6. The van der Waals surface area contributed by atoms with Crippen LogP contribution in [0.5, 0.6) is 11.5 Å². The maximum atomic E-state index is 12.6. The number of hydrogen-bond donors (Lipinski definition) is 1. The molecule has 0 radical (unpaired) electrons. The van der Waals surface area contributed by atoms with Crippen LogP contribution in [-0.2, 0) is 19.6 Å². The molecular formula is C19H22ClN3O6S2. The molecule has 9 nitrogen and oxygen atoms in total. The number of pyridine rings is 1. The minimum atomic E-state index is -3.60. The number of nitrogens with zero attached hydrogens (tertiary/aromatic N) is 2. The van der Waals surface area contributed by atoms with Gasteiger partial charge in [-0.25, -0.2) is 13.4 Å². The lowest BCUT2D eigenvalue weighted by Gasteiger charge is -2.25. The van der Waals surface area contributed by atoms with E-state index in [2.05, 4.69) is 10.3 Å². The number of carbonyl (C=O) groups is 1. The van der Waals surface area contributed by atoms with Crippen molar-refractivity contribution < 1.29 is 27.4 Å². The lowest BCUT2D eigenvalue weighted by molar-refractivity contribution is -0.113. The van der Waals surface area contributed by atoms with Crippen molar-refractivity contribution >= 4 is 45.0 Å². The van der Waals surface area contributed by atoms with E-state index >= 15 is 0 Å². The molecule has 0 saturated carbocycles. The van der Waals surface area contributed by atoms with Crippen molar-refractivity contribution in [1.29, 1.82) is 0 Å². The van der Waals surface area contributed by atoms with Gasteiger partial charge in [-0.05, 0) is 18.2 Å². The number of aromatic nitrogens is 1. The van der Waals surface area contributed by atoms with Gasteiger partial charge in [0, 0.05) is 25.4 Å². The lowest BCUT2D eigenvalue weighted by atomic mass is 10.2. The third-order valence-electron chi connectivity index (χ3n) is 4.42. The van der Waals surface area contributed by atoms with Crippen LogP contribution in [-0.4, -0.2) is 69.9 Å². The van der Waals surface area contributed by atoms with Crippen molar-refractivity contribution in [3.8, 4) is 11.5 Å². The Bertz CT molecular complexity index is 1030. The fraction of sp³-hybridized carbons (Fsp3) is 0.368. The van der Waals surface area contributed by atoms with Gasteiger partial charge in [-0.15, -0.1) is 0 Å². The molecule has 0 aliphatic carbocycles. The minimum Gasteiger partial charge on any atom is -0.495 e. The Balaban J connectivity index is 1.60. The van der Waals surface area contributed by atoms with Crippen LogP contribution in [0.3, 0.4) is 0 Å². The summed E-state index contributed by atoms with van der Waals surface area (Å²) in [6, 6.07) is 6.20. The van der Waals surface area contributed by atoms with Gasteiger partial charge < -0.3 is 19.5 Å². The molecule has 12 heteroatoms. The number of anilines is 1. The molecule has 3 rings (SSSR count). The molecule has 1 aromatic heterocycles. The van der Waals surface area contributed by atoms with E-state index in [0.29, 0.717) is 53.5 Å². The summed E-state index contributed by atoms with van der Waals surface area (Å²) in [6.07, 6.45) is 1.30. The Morgan fingerprint density at radius 1 is 1.23 bits per heavy atom. The summed E-state index contributed by atoms with van der Waals surface area (Å²) in [5, 5.41) is 3.60. The van der Waals surface area contributed by atoms with Gasteiger partial charge in [0.15, 0.2) is 0 Å². The first-order chi connectivity index (χ1) is 14.8. The number of benzene rings is 1. The van der Waals surface area contributed by atoms with Gasteiger partial charge >= 0.3 is 0 Å². The Kier molecular flexibility index (Phi) is 8.00. The second-order valence-corrected chi connectivity index (χ2v) is 9.71. The molecule has 31 heavy (non-hydrogen) atoms. The van der Waals surface area contributed by atoms with Gasteiger partial charge in [0.2, 0.25) is 15.9 Å². The largest absolute Gasteiger partial charge is 0.495 e. The number of thioether (sulfide) groups is 1. The average Bonchev–Trinajstić information content (AvgIpc) is 2.79. The monoisotopic (exact) mass is 487 g/mol. The second kappa shape index (κ2) is 10.5. The highest BCUT2D eigenvalue weighted by Crippen LogP contribution is 2.36. The minimum absolute atomic E-state index is 0.0648. The molecule has 1 N–H and O–H groups in total. The highest BCUT2D eigenvalue weighted by atomic mass is 35.5. The standard InChI is InChI=1S/C19H22ClN3O6S2/c1-27-16-10-17(28-2)15(9-14(16)20)22-18(24)12-30-19-4-3-13(11-21-19)31(25,26)23-5-7-29-8-6-23/h3-4,9-11H,5-8,12H2,1-2H3,(H,22,24). The van der Waals surface area contributed by atoms with E-state index in [0.717, 1.165) is 0 Å². The summed E-state index contributed by atoms with van der Waals surface area (Å²) >= 11 is 7.29. The number of ether oxygens (including phenoxy) is 3. The molecule has 0 bridgehead atoms. The van der Waals surface area contributed by atoms with E-state index in [-0.39, 0.29) is 16.6 Å². The number of rotatable bonds is 8. The van der Waals surface area contributed by atoms with Crippen LogP contribution in [0.1, 0.15) is 0 Å². The number of methoxy groups -OCH3 is 2. The van der Waals surface area contributed by atoms with Crippen LogP contribution in [0, 0.1) is 0 Å². The molecule has 1 amide bonds. The number of sulfonamides is 1. The quantitative estimate of drug-likeness (QED) is 0.566. The van der Waals surface area contributed by atoms with Crippen LogP contribution in [0.15, 0.2) is 40.4 Å². The first kappa shape index (κ1) is 23.6. The van der Waals surface area contributed by atoms with Crippen LogP contribution in [0.4, 0.5) is 5.69 Å². The first-order valence-electron chi connectivity index (χ1n) is 9.23. The van der Waals surface area contributed by atoms with E-state index in [4.69, 9.17) is 25.8 Å². The Hall–Kier alpha value is -2.05. The topological polar surface area (TPSA) is 107 Å². The zero-order valence-corrected chi connectivity index (χ0v) is 19.3. The first-order valence-corrected chi connectivity index (χ1v) is 12.0. The number of hydrogen-bond acceptors (Lipinski definition) is 8. The second-order valence-electron chi connectivity index (χ2n) is 6.37. The molecule has 0 atom stereocenters. The van der Waals surface area contributed by atoms with Crippen molar-refractivity contribution in [1.82, 2.24) is 9.29 Å². The van der Waals surface area contributed by atoms with Crippen LogP contribution < -0.4 is 14.8 Å². The number of amides is 1. The van der Waals surface area contributed by atoms with Crippen LogP contribution in [0.25, 0.3) is 0 Å². The van der Waals surface area contributed by atoms with Gasteiger partial charge in [0.1, 0.15) is 16.4 Å². The van der Waals surface area contributed by atoms with Crippen LogP contribution in [0.2, 0.25) is 5.02 Å².